The minimum Gasteiger partial charge on any atom is -0.344 e. The number of hydrogen-bond donors (Lipinski definition) is 1. The van der Waals surface area contributed by atoms with Gasteiger partial charge in [-0.15, -0.1) is 0 Å². The molecule has 0 aliphatic carbocycles. The Hall–Kier alpha value is 0.709. The van der Waals surface area contributed by atoms with Crippen LogP contribution in [0.25, 0.3) is 0 Å². The monoisotopic (exact) mass is 262 g/mol. The van der Waals surface area contributed by atoms with Crippen molar-refractivity contribution in [2.24, 2.45) is 0 Å². The number of hydrogen-bond acceptors (Lipinski definition) is 1. The Kier molecular flexibility index (Phi) is 12.5. The van der Waals surface area contributed by atoms with E-state index in [-0.39, 0.29) is 17.1 Å². The molecule has 4 heteroatoms. The van der Waals surface area contributed by atoms with Crippen LogP contribution >= 0.6 is 7.37 Å². The standard InChI is InChI=1S/C10H23O2P.Fe/c1-3-5-6-7-8-9-10-13(11,12)4-2;/h3-10H2,1-2H3,(H,11,12);. The molecule has 0 aliphatic rings. The van der Waals surface area contributed by atoms with E-state index in [4.69, 9.17) is 0 Å². The van der Waals surface area contributed by atoms with Crippen molar-refractivity contribution < 1.29 is 26.5 Å². The summed E-state index contributed by atoms with van der Waals surface area (Å²) in [5.41, 5.74) is 0. The first-order valence-corrected chi connectivity index (χ1v) is 7.46. The maximum atomic E-state index is 11.2. The molecule has 0 amide bonds. The SMILES string of the molecule is CCCCCCCCP(=O)(O)CC.[Fe]. The predicted molar refractivity (Wildman–Crippen MR) is 58.6 cm³/mol. The maximum absolute atomic E-state index is 11.2. The fourth-order valence-corrected chi connectivity index (χ4v) is 2.33. The molecule has 0 saturated heterocycles. The second kappa shape index (κ2) is 10.2. The van der Waals surface area contributed by atoms with E-state index >= 15 is 0 Å². The molecule has 14 heavy (non-hydrogen) atoms. The van der Waals surface area contributed by atoms with Crippen LogP contribution in [-0.4, -0.2) is 17.2 Å². The zero-order valence-electron chi connectivity index (χ0n) is 9.31. The van der Waals surface area contributed by atoms with E-state index in [2.05, 4.69) is 6.92 Å². The fraction of sp³-hybridized carbons (Fsp3) is 1.00. The third-order valence-corrected chi connectivity index (χ3v) is 4.36. The summed E-state index contributed by atoms with van der Waals surface area (Å²) >= 11 is 0. The van der Waals surface area contributed by atoms with Gasteiger partial charge in [0.15, 0.2) is 7.37 Å². The fourth-order valence-electron chi connectivity index (χ4n) is 1.30. The Morgan fingerprint density at radius 2 is 1.50 bits per heavy atom. The number of rotatable bonds is 8. The van der Waals surface area contributed by atoms with Gasteiger partial charge in [-0.25, -0.2) is 0 Å². The van der Waals surface area contributed by atoms with E-state index in [1.54, 1.807) is 6.92 Å². The Labute approximate surface area is 98.8 Å². The van der Waals surface area contributed by atoms with Gasteiger partial charge >= 0.3 is 0 Å². The third kappa shape index (κ3) is 10.8. The predicted octanol–water partition coefficient (Wildman–Crippen LogP) is 3.63. The first kappa shape index (κ1) is 17.1. The van der Waals surface area contributed by atoms with Gasteiger partial charge in [-0.3, -0.25) is 4.57 Å². The molecule has 0 aliphatic heterocycles. The van der Waals surface area contributed by atoms with Crippen molar-refractivity contribution in [3.63, 3.8) is 0 Å². The van der Waals surface area contributed by atoms with Crippen LogP contribution in [-0.2, 0) is 21.6 Å². The zero-order valence-corrected chi connectivity index (χ0v) is 11.3. The first-order valence-electron chi connectivity index (χ1n) is 5.43. The van der Waals surface area contributed by atoms with Crippen LogP contribution < -0.4 is 0 Å². The van der Waals surface area contributed by atoms with Gasteiger partial charge in [-0.05, 0) is 6.42 Å². The van der Waals surface area contributed by atoms with Crippen LogP contribution in [0.2, 0.25) is 0 Å². The molecule has 0 bridgehead atoms. The summed E-state index contributed by atoms with van der Waals surface area (Å²) in [5.74, 6) is 0. The molecule has 88 valence electrons. The molecule has 0 rings (SSSR count). The second-order valence-electron chi connectivity index (χ2n) is 3.65. The Morgan fingerprint density at radius 3 is 2.00 bits per heavy atom. The quantitative estimate of drug-likeness (QED) is 0.412. The zero-order chi connectivity index (χ0) is 10.2. The molecular weight excluding hydrogens is 239 g/mol. The Balaban J connectivity index is 0. The van der Waals surface area contributed by atoms with E-state index in [9.17, 15) is 9.46 Å². The first-order chi connectivity index (χ1) is 6.12. The van der Waals surface area contributed by atoms with Crippen LogP contribution in [0, 0.1) is 0 Å². The van der Waals surface area contributed by atoms with E-state index in [0.717, 1.165) is 12.8 Å². The molecule has 0 saturated carbocycles. The molecule has 1 N–H and O–H groups in total. The van der Waals surface area contributed by atoms with Crippen LogP contribution in [0.15, 0.2) is 0 Å². The molecular formula is C10H23FeO2P. The minimum absolute atomic E-state index is 0. The van der Waals surface area contributed by atoms with E-state index in [1.807, 2.05) is 0 Å². The van der Waals surface area contributed by atoms with Crippen molar-refractivity contribution in [1.29, 1.82) is 0 Å². The third-order valence-electron chi connectivity index (χ3n) is 2.36. The van der Waals surface area contributed by atoms with Crippen molar-refractivity contribution in [3.8, 4) is 0 Å². The summed E-state index contributed by atoms with van der Waals surface area (Å²) in [5, 5.41) is 0. The van der Waals surface area contributed by atoms with Gasteiger partial charge in [-0.1, -0.05) is 46.0 Å². The van der Waals surface area contributed by atoms with Crippen molar-refractivity contribution in [2.45, 2.75) is 52.4 Å². The normalized spacial score (nSPS) is 14.5. The van der Waals surface area contributed by atoms with Crippen LogP contribution in [0.4, 0.5) is 0 Å². The van der Waals surface area contributed by atoms with Gasteiger partial charge in [0, 0.05) is 29.4 Å². The Bertz CT molecular complexity index is 162. The molecule has 0 heterocycles. The summed E-state index contributed by atoms with van der Waals surface area (Å²) in [7, 11) is -2.73. The topological polar surface area (TPSA) is 37.3 Å². The van der Waals surface area contributed by atoms with Crippen LogP contribution in [0.1, 0.15) is 52.4 Å². The van der Waals surface area contributed by atoms with Crippen molar-refractivity contribution in [3.05, 3.63) is 0 Å². The van der Waals surface area contributed by atoms with Crippen LogP contribution in [0.5, 0.6) is 0 Å². The van der Waals surface area contributed by atoms with E-state index < -0.39 is 7.37 Å². The molecule has 0 spiro atoms. The molecule has 0 aromatic heterocycles. The molecule has 0 radical (unpaired) electrons. The minimum atomic E-state index is -2.73. The molecule has 1 atom stereocenters. The van der Waals surface area contributed by atoms with Crippen molar-refractivity contribution in [1.82, 2.24) is 0 Å². The molecule has 0 aromatic carbocycles. The van der Waals surface area contributed by atoms with Gasteiger partial charge < -0.3 is 4.89 Å². The molecule has 0 fully saturated rings. The summed E-state index contributed by atoms with van der Waals surface area (Å²) in [6.07, 6.45) is 8.04. The second-order valence-corrected chi connectivity index (χ2v) is 6.43. The maximum Gasteiger partial charge on any atom is 0.200 e. The number of unbranched alkanes of at least 4 members (excludes halogenated alkanes) is 5. The largest absolute Gasteiger partial charge is 0.344 e. The van der Waals surface area contributed by atoms with Crippen LogP contribution in [0.3, 0.4) is 0 Å². The summed E-state index contributed by atoms with van der Waals surface area (Å²) in [6, 6.07) is 0. The molecule has 2 nitrogen and oxygen atoms in total. The van der Waals surface area contributed by atoms with Gasteiger partial charge in [0.05, 0.1) is 0 Å². The average Bonchev–Trinajstić information content (AvgIpc) is 2.11. The summed E-state index contributed by atoms with van der Waals surface area (Å²) in [6.45, 7) is 3.98. The van der Waals surface area contributed by atoms with E-state index in [0.29, 0.717) is 12.3 Å². The van der Waals surface area contributed by atoms with Crippen molar-refractivity contribution in [2.75, 3.05) is 12.3 Å². The van der Waals surface area contributed by atoms with Gasteiger partial charge in [-0.2, -0.15) is 0 Å². The van der Waals surface area contributed by atoms with Gasteiger partial charge in [0.25, 0.3) is 0 Å². The molecule has 0 aromatic rings. The van der Waals surface area contributed by atoms with E-state index in [1.165, 1.54) is 25.7 Å². The molecule has 1 unspecified atom stereocenters. The smallest absolute Gasteiger partial charge is 0.200 e. The van der Waals surface area contributed by atoms with Crippen molar-refractivity contribution >= 4 is 7.37 Å². The summed E-state index contributed by atoms with van der Waals surface area (Å²) < 4.78 is 11.2. The Morgan fingerprint density at radius 1 is 1.00 bits per heavy atom. The van der Waals surface area contributed by atoms with Gasteiger partial charge in [0.2, 0.25) is 0 Å². The average molecular weight is 262 g/mol. The summed E-state index contributed by atoms with van der Waals surface area (Å²) in [4.78, 5) is 9.28. The van der Waals surface area contributed by atoms with Gasteiger partial charge in [0.1, 0.15) is 0 Å².